The second kappa shape index (κ2) is 10.4. The maximum absolute atomic E-state index is 13.9. The zero-order valence-corrected chi connectivity index (χ0v) is 23.0. The number of hydrogen-bond donors (Lipinski definition) is 1. The van der Waals surface area contributed by atoms with Gasteiger partial charge < -0.3 is 19.9 Å². The van der Waals surface area contributed by atoms with Crippen molar-refractivity contribution in [1.29, 1.82) is 0 Å². The molecule has 4 heterocycles. The van der Waals surface area contributed by atoms with Crippen molar-refractivity contribution in [3.05, 3.63) is 35.3 Å². The molecule has 39 heavy (non-hydrogen) atoms. The van der Waals surface area contributed by atoms with Gasteiger partial charge in [-0.1, -0.05) is 13.0 Å². The number of hydrogen-bond acceptors (Lipinski definition) is 9. The Hall–Kier alpha value is -2.62. The number of Topliss-reactive ketones (excluding diaryl/α,β-unsaturated/α-hetero) is 2. The normalized spacial score (nSPS) is 33.4. The summed E-state index contributed by atoms with van der Waals surface area (Å²) >= 11 is 0. The lowest BCUT2D eigenvalue weighted by Gasteiger charge is -2.38. The second-order valence-corrected chi connectivity index (χ2v) is 12.1. The third kappa shape index (κ3) is 4.43. The number of fused-ring (bicyclic) bond motifs is 2. The number of carbonyl (C=O) groups is 2. The van der Waals surface area contributed by atoms with E-state index in [1.165, 1.54) is 0 Å². The zero-order chi connectivity index (χ0) is 27.2. The van der Waals surface area contributed by atoms with Crippen LogP contribution in [-0.4, -0.2) is 72.0 Å². The molecule has 2 spiro atoms. The Morgan fingerprint density at radius 1 is 1.13 bits per heavy atom. The Morgan fingerprint density at radius 2 is 1.95 bits per heavy atom. The monoisotopic (exact) mass is 536 g/mol. The molecule has 0 unspecified atom stereocenters. The van der Waals surface area contributed by atoms with Crippen LogP contribution in [0.5, 0.6) is 5.88 Å². The third-order valence-corrected chi connectivity index (χ3v) is 9.73. The first-order valence-electron chi connectivity index (χ1n) is 14.5. The smallest absolute Gasteiger partial charge is 0.223 e. The summed E-state index contributed by atoms with van der Waals surface area (Å²) < 4.78 is 18.5. The van der Waals surface area contributed by atoms with Crippen molar-refractivity contribution in [3.63, 3.8) is 0 Å². The minimum atomic E-state index is -0.931. The fourth-order valence-corrected chi connectivity index (χ4v) is 7.41. The molecule has 4 atom stereocenters. The van der Waals surface area contributed by atoms with Crippen LogP contribution in [0.1, 0.15) is 81.3 Å². The predicted molar refractivity (Wildman–Crippen MR) is 145 cm³/mol. The van der Waals surface area contributed by atoms with Gasteiger partial charge in [-0.15, -0.1) is 0 Å². The second-order valence-electron chi connectivity index (χ2n) is 12.1. The van der Waals surface area contributed by atoms with Crippen LogP contribution in [-0.2, 0) is 31.1 Å². The summed E-state index contributed by atoms with van der Waals surface area (Å²) in [6.45, 7) is 7.03. The number of ether oxygens (including phenoxy) is 3. The summed E-state index contributed by atoms with van der Waals surface area (Å²) in [7, 11) is 2.10. The van der Waals surface area contributed by atoms with Crippen molar-refractivity contribution in [2.45, 2.75) is 88.4 Å². The quantitative estimate of drug-likeness (QED) is 0.344. The van der Waals surface area contributed by atoms with Gasteiger partial charge in [0.15, 0.2) is 11.6 Å². The SMILES string of the molecule is C=C[C@H](Oc1nc(/C(N)=C2\CCC[C@@]3(CCCCC3=O)C2=O)nc2c1COC[C@]21CCOC1)[C@@H]1CCCN1C. The van der Waals surface area contributed by atoms with Gasteiger partial charge in [0.1, 0.15) is 11.9 Å². The molecule has 5 aliphatic rings. The number of nitrogens with two attached hydrogens (primary N) is 1. The minimum Gasteiger partial charge on any atom is -0.468 e. The number of likely N-dealkylation sites (N-methyl/N-ethyl adjacent to an activating group) is 1. The van der Waals surface area contributed by atoms with Gasteiger partial charge in [0.2, 0.25) is 5.88 Å². The maximum atomic E-state index is 13.9. The van der Waals surface area contributed by atoms with Gasteiger partial charge >= 0.3 is 0 Å². The van der Waals surface area contributed by atoms with Crippen molar-refractivity contribution in [1.82, 2.24) is 14.9 Å². The lowest BCUT2D eigenvalue weighted by Crippen LogP contribution is -2.45. The molecule has 210 valence electrons. The Morgan fingerprint density at radius 3 is 2.67 bits per heavy atom. The van der Waals surface area contributed by atoms with E-state index < -0.39 is 10.8 Å². The molecule has 0 amide bonds. The molecule has 9 nitrogen and oxygen atoms in total. The van der Waals surface area contributed by atoms with Crippen LogP contribution in [0.15, 0.2) is 18.2 Å². The Kier molecular flexibility index (Phi) is 7.10. The molecule has 1 aromatic heterocycles. The predicted octanol–water partition coefficient (Wildman–Crippen LogP) is 3.24. The first-order chi connectivity index (χ1) is 18.9. The number of rotatable bonds is 5. The molecular formula is C30H40N4O5. The lowest BCUT2D eigenvalue weighted by atomic mass is 9.62. The summed E-state index contributed by atoms with van der Waals surface area (Å²) in [6.07, 6.45) is 9.15. The summed E-state index contributed by atoms with van der Waals surface area (Å²) in [5.41, 5.74) is 7.84. The number of nitrogens with zero attached hydrogens (tertiary/aromatic N) is 3. The van der Waals surface area contributed by atoms with E-state index in [1.54, 1.807) is 0 Å². The Labute approximate surface area is 230 Å². The average molecular weight is 537 g/mol. The standard InChI is InChI=1S/C30H40N4O5/c1-3-22(21-9-7-14-34(21)2)39-28-20-16-38-18-29(13-15-37-17-29)25(20)32-27(33-28)24(31)19-8-6-12-30(26(19)36)11-5-4-10-23(30)35/h3,21-22H,1,4-18,31H2,2H3/b24-19-/t21-,22-,29+,30+/m0/s1. The summed E-state index contributed by atoms with van der Waals surface area (Å²) in [5.74, 6) is 0.663. The van der Waals surface area contributed by atoms with Crippen LogP contribution < -0.4 is 10.5 Å². The van der Waals surface area contributed by atoms with E-state index in [0.717, 1.165) is 56.3 Å². The van der Waals surface area contributed by atoms with E-state index in [-0.39, 0.29) is 29.4 Å². The van der Waals surface area contributed by atoms with Crippen molar-refractivity contribution >= 4 is 17.3 Å². The highest BCUT2D eigenvalue weighted by Crippen LogP contribution is 2.46. The highest BCUT2D eigenvalue weighted by atomic mass is 16.5. The molecule has 2 saturated carbocycles. The number of carbonyl (C=O) groups excluding carboxylic acids is 2. The van der Waals surface area contributed by atoms with Gasteiger partial charge in [-0.25, -0.2) is 4.98 Å². The van der Waals surface area contributed by atoms with Gasteiger partial charge in [0, 0.05) is 18.6 Å². The van der Waals surface area contributed by atoms with Gasteiger partial charge in [-0.3, -0.25) is 14.5 Å². The Balaban J connectivity index is 1.44. The van der Waals surface area contributed by atoms with Crippen LogP contribution in [0.3, 0.4) is 0 Å². The molecule has 0 bridgehead atoms. The van der Waals surface area contributed by atoms with Crippen LogP contribution in [0, 0.1) is 5.41 Å². The molecule has 2 aliphatic carbocycles. The van der Waals surface area contributed by atoms with Crippen LogP contribution in [0.4, 0.5) is 0 Å². The molecule has 1 aromatic rings. The lowest BCUT2D eigenvalue weighted by molar-refractivity contribution is -0.143. The number of ketones is 2. The van der Waals surface area contributed by atoms with Gasteiger partial charge in [0.05, 0.1) is 53.6 Å². The summed E-state index contributed by atoms with van der Waals surface area (Å²) in [5, 5.41) is 0. The molecule has 9 heteroatoms. The Bertz CT molecular complexity index is 1200. The average Bonchev–Trinajstić information content (AvgIpc) is 3.59. The van der Waals surface area contributed by atoms with E-state index in [0.29, 0.717) is 69.4 Å². The third-order valence-electron chi connectivity index (χ3n) is 9.73. The fourth-order valence-electron chi connectivity index (χ4n) is 7.41. The molecule has 0 radical (unpaired) electrons. The van der Waals surface area contributed by atoms with Crippen LogP contribution in [0.25, 0.3) is 5.70 Å². The van der Waals surface area contributed by atoms with Crippen LogP contribution in [0.2, 0.25) is 0 Å². The van der Waals surface area contributed by atoms with E-state index in [4.69, 9.17) is 29.9 Å². The van der Waals surface area contributed by atoms with Crippen LogP contribution >= 0.6 is 0 Å². The molecule has 4 fully saturated rings. The first kappa shape index (κ1) is 26.6. The number of allylic oxidation sites excluding steroid dienone is 1. The van der Waals surface area contributed by atoms with Gasteiger partial charge in [-0.2, -0.15) is 4.98 Å². The molecule has 6 rings (SSSR count). The van der Waals surface area contributed by atoms with Gasteiger partial charge in [0.25, 0.3) is 0 Å². The van der Waals surface area contributed by atoms with E-state index in [9.17, 15) is 9.59 Å². The number of aromatic nitrogens is 2. The van der Waals surface area contributed by atoms with E-state index >= 15 is 0 Å². The molecule has 2 saturated heterocycles. The van der Waals surface area contributed by atoms with E-state index in [1.807, 2.05) is 6.08 Å². The fraction of sp³-hybridized carbons (Fsp3) is 0.667. The maximum Gasteiger partial charge on any atom is 0.223 e. The van der Waals surface area contributed by atoms with Gasteiger partial charge in [-0.05, 0) is 71.0 Å². The highest BCUT2D eigenvalue weighted by molar-refractivity contribution is 6.17. The van der Waals surface area contributed by atoms with Crippen molar-refractivity contribution in [3.8, 4) is 5.88 Å². The topological polar surface area (TPSA) is 117 Å². The van der Waals surface area contributed by atoms with Crippen molar-refractivity contribution < 1.29 is 23.8 Å². The number of likely N-dealkylation sites (tertiary alicyclic amines) is 1. The molecular weight excluding hydrogens is 496 g/mol. The van der Waals surface area contributed by atoms with E-state index in [2.05, 4.69) is 18.5 Å². The molecule has 0 aromatic carbocycles. The summed E-state index contributed by atoms with van der Waals surface area (Å²) in [6, 6.07) is 0.192. The van der Waals surface area contributed by atoms with Crippen molar-refractivity contribution in [2.75, 3.05) is 33.4 Å². The summed E-state index contributed by atoms with van der Waals surface area (Å²) in [4.78, 5) is 39.1. The first-order valence-corrected chi connectivity index (χ1v) is 14.5. The van der Waals surface area contributed by atoms with Crippen molar-refractivity contribution in [2.24, 2.45) is 11.1 Å². The molecule has 3 aliphatic heterocycles. The molecule has 2 N–H and O–H groups in total. The zero-order valence-electron chi connectivity index (χ0n) is 23.0. The largest absolute Gasteiger partial charge is 0.468 e. The minimum absolute atomic E-state index is 0.0628. The highest BCUT2D eigenvalue weighted by Gasteiger charge is 2.50.